The summed E-state index contributed by atoms with van der Waals surface area (Å²) >= 11 is 18.0. The van der Waals surface area contributed by atoms with Gasteiger partial charge in [0, 0.05) is 12.4 Å². The van der Waals surface area contributed by atoms with E-state index in [4.69, 9.17) is 34.8 Å². The lowest BCUT2D eigenvalue weighted by Crippen LogP contribution is -3.15. The second kappa shape index (κ2) is 8.19. The molecule has 2 heterocycles. The van der Waals surface area contributed by atoms with Gasteiger partial charge in [-0.15, -0.1) is 0 Å². The van der Waals surface area contributed by atoms with Gasteiger partial charge in [0.25, 0.3) is 5.91 Å². The first-order valence-corrected chi connectivity index (χ1v) is 8.96. The molecular weight excluding hydrogens is 385 g/mol. The van der Waals surface area contributed by atoms with Crippen molar-refractivity contribution in [2.75, 3.05) is 42.9 Å². The number of nitrogens with one attached hydrogen (secondary N) is 2. The summed E-state index contributed by atoms with van der Waals surface area (Å²) in [4.78, 5) is 24.1. The highest BCUT2D eigenvalue weighted by molar-refractivity contribution is 6.44. The summed E-state index contributed by atoms with van der Waals surface area (Å²) in [6, 6.07) is 4.88. The molecular formula is C16H17Cl3N5O+. The average Bonchev–Trinajstić information content (AvgIpc) is 2.61. The first kappa shape index (κ1) is 18.2. The van der Waals surface area contributed by atoms with Gasteiger partial charge in [-0.05, 0) is 18.2 Å². The highest BCUT2D eigenvalue weighted by Crippen LogP contribution is 2.32. The van der Waals surface area contributed by atoms with Crippen LogP contribution in [0.5, 0.6) is 0 Å². The summed E-state index contributed by atoms with van der Waals surface area (Å²) in [6.07, 6.45) is 3.46. The molecule has 6 nitrogen and oxygen atoms in total. The third-order valence-electron chi connectivity index (χ3n) is 4.00. The van der Waals surface area contributed by atoms with E-state index in [1.54, 1.807) is 24.5 Å². The van der Waals surface area contributed by atoms with Crippen LogP contribution < -0.4 is 15.1 Å². The number of carbonyl (C=O) groups is 1. The number of hydrogen-bond donors (Lipinski definition) is 2. The zero-order valence-electron chi connectivity index (χ0n) is 13.3. The van der Waals surface area contributed by atoms with E-state index in [0.717, 1.165) is 32.1 Å². The number of nitrogens with zero attached hydrogens (tertiary/aromatic N) is 3. The maximum atomic E-state index is 12.3. The number of rotatable bonds is 4. The normalized spacial score (nSPS) is 15.2. The fraction of sp³-hybridized carbons (Fsp3) is 0.312. The summed E-state index contributed by atoms with van der Waals surface area (Å²) in [7, 11) is 0. The van der Waals surface area contributed by atoms with Crippen molar-refractivity contribution in [2.45, 2.75) is 0 Å². The van der Waals surface area contributed by atoms with E-state index >= 15 is 0 Å². The van der Waals surface area contributed by atoms with Crippen LogP contribution in [0.25, 0.3) is 0 Å². The second-order valence-corrected chi connectivity index (χ2v) is 6.98. The molecule has 0 unspecified atom stereocenters. The third-order valence-corrected chi connectivity index (χ3v) is 5.04. The van der Waals surface area contributed by atoms with Crippen LogP contribution in [0.2, 0.25) is 15.1 Å². The predicted molar refractivity (Wildman–Crippen MR) is 99.9 cm³/mol. The Hall–Kier alpha value is -1.60. The summed E-state index contributed by atoms with van der Waals surface area (Å²) in [6.45, 7) is 3.64. The van der Waals surface area contributed by atoms with Crippen LogP contribution >= 0.6 is 34.8 Å². The van der Waals surface area contributed by atoms with Gasteiger partial charge in [0.05, 0.1) is 46.9 Å². The molecule has 9 heteroatoms. The highest BCUT2D eigenvalue weighted by atomic mass is 35.5. The van der Waals surface area contributed by atoms with E-state index in [-0.39, 0.29) is 5.91 Å². The molecule has 1 aliphatic heterocycles. The highest BCUT2D eigenvalue weighted by Gasteiger charge is 2.23. The molecule has 0 radical (unpaired) electrons. The molecule has 2 N–H and O–H groups in total. The van der Waals surface area contributed by atoms with E-state index < -0.39 is 0 Å². The van der Waals surface area contributed by atoms with Crippen LogP contribution in [-0.2, 0) is 4.79 Å². The maximum Gasteiger partial charge on any atom is 0.279 e. The Labute approximate surface area is 160 Å². The van der Waals surface area contributed by atoms with Crippen molar-refractivity contribution in [3.05, 3.63) is 45.7 Å². The van der Waals surface area contributed by atoms with Crippen molar-refractivity contribution in [3.8, 4) is 0 Å². The number of anilines is 2. The summed E-state index contributed by atoms with van der Waals surface area (Å²) in [5, 5.41) is 3.87. The Morgan fingerprint density at radius 3 is 2.40 bits per heavy atom. The number of benzene rings is 1. The lowest BCUT2D eigenvalue weighted by Gasteiger charge is -2.31. The van der Waals surface area contributed by atoms with Gasteiger partial charge in [-0.1, -0.05) is 34.8 Å². The van der Waals surface area contributed by atoms with E-state index in [2.05, 4.69) is 20.2 Å². The van der Waals surface area contributed by atoms with Gasteiger partial charge in [-0.3, -0.25) is 4.79 Å². The Kier molecular flexibility index (Phi) is 5.96. The maximum absolute atomic E-state index is 12.3. The van der Waals surface area contributed by atoms with Gasteiger partial charge in [-0.25, -0.2) is 9.97 Å². The van der Waals surface area contributed by atoms with Gasteiger partial charge < -0.3 is 15.1 Å². The number of piperazine rings is 1. The lowest BCUT2D eigenvalue weighted by molar-refractivity contribution is -0.892. The van der Waals surface area contributed by atoms with Crippen LogP contribution in [0.4, 0.5) is 11.6 Å². The molecule has 0 saturated carbocycles. The van der Waals surface area contributed by atoms with E-state index in [1.165, 1.54) is 11.0 Å². The number of hydrogen-bond acceptors (Lipinski definition) is 4. The van der Waals surface area contributed by atoms with Crippen LogP contribution in [0, 0.1) is 0 Å². The van der Waals surface area contributed by atoms with Crippen molar-refractivity contribution in [1.82, 2.24) is 9.97 Å². The first-order valence-electron chi connectivity index (χ1n) is 7.83. The Morgan fingerprint density at radius 2 is 1.72 bits per heavy atom. The zero-order valence-corrected chi connectivity index (χ0v) is 15.6. The molecule has 0 aliphatic carbocycles. The second-order valence-electron chi connectivity index (χ2n) is 5.76. The van der Waals surface area contributed by atoms with E-state index in [1.807, 2.05) is 0 Å². The fourth-order valence-electron chi connectivity index (χ4n) is 2.69. The van der Waals surface area contributed by atoms with Crippen molar-refractivity contribution < 1.29 is 9.69 Å². The molecule has 2 aromatic rings. The summed E-state index contributed by atoms with van der Waals surface area (Å²) < 4.78 is 0. The molecule has 25 heavy (non-hydrogen) atoms. The number of aromatic nitrogens is 2. The fourth-order valence-corrected chi connectivity index (χ4v) is 3.29. The van der Waals surface area contributed by atoms with Crippen LogP contribution in [0.1, 0.15) is 0 Å². The topological polar surface area (TPSA) is 62.6 Å². The quantitative estimate of drug-likeness (QED) is 0.767. The average molecular weight is 402 g/mol. The largest absolute Gasteiger partial charge is 0.330 e. The minimum absolute atomic E-state index is 0.111. The Morgan fingerprint density at radius 1 is 1.08 bits per heavy atom. The molecule has 0 atom stereocenters. The molecule has 0 spiro atoms. The first-order chi connectivity index (χ1) is 12.0. The number of carbonyl (C=O) groups excluding carboxylic acids is 1. The Bertz CT molecular complexity index is 751. The van der Waals surface area contributed by atoms with E-state index in [9.17, 15) is 4.79 Å². The summed E-state index contributed by atoms with van der Waals surface area (Å²) in [5.74, 6) is 0.619. The van der Waals surface area contributed by atoms with Gasteiger partial charge in [0.15, 0.2) is 6.54 Å². The van der Waals surface area contributed by atoms with E-state index in [0.29, 0.717) is 27.3 Å². The molecule has 132 valence electrons. The number of halogens is 3. The molecule has 0 bridgehead atoms. The molecule has 3 rings (SSSR count). The van der Waals surface area contributed by atoms with Crippen molar-refractivity contribution >= 4 is 52.3 Å². The van der Waals surface area contributed by atoms with Crippen LogP contribution in [0.15, 0.2) is 30.6 Å². The summed E-state index contributed by atoms with van der Waals surface area (Å²) in [5.41, 5.74) is 0.469. The van der Waals surface area contributed by atoms with Crippen molar-refractivity contribution in [1.29, 1.82) is 0 Å². The molecule has 1 aromatic carbocycles. The molecule has 1 aliphatic rings. The SMILES string of the molecule is O=C(C[NH+]1CCN(c2ncccn2)CC1)Nc1cc(Cl)c(Cl)cc1Cl. The van der Waals surface area contributed by atoms with Crippen LogP contribution in [0.3, 0.4) is 0 Å². The van der Waals surface area contributed by atoms with Crippen molar-refractivity contribution in [2.24, 2.45) is 0 Å². The predicted octanol–water partition coefficient (Wildman–Crippen LogP) is 1.78. The van der Waals surface area contributed by atoms with Crippen molar-refractivity contribution in [3.63, 3.8) is 0 Å². The Balaban J connectivity index is 1.52. The third kappa shape index (κ3) is 4.73. The standard InChI is InChI=1S/C16H16Cl3N5O/c17-11-8-13(19)14(9-12(11)18)22-15(25)10-23-4-6-24(7-5-23)16-20-2-1-3-21-16/h1-3,8-9H,4-7,10H2,(H,22,25)/p+1. The molecule has 1 amide bonds. The van der Waals surface area contributed by atoms with Gasteiger partial charge in [0.1, 0.15) is 0 Å². The van der Waals surface area contributed by atoms with Gasteiger partial charge >= 0.3 is 0 Å². The van der Waals surface area contributed by atoms with Gasteiger partial charge in [0.2, 0.25) is 5.95 Å². The van der Waals surface area contributed by atoms with Crippen LogP contribution in [-0.4, -0.2) is 48.6 Å². The monoisotopic (exact) mass is 400 g/mol. The molecule has 1 saturated heterocycles. The zero-order chi connectivity index (χ0) is 17.8. The smallest absolute Gasteiger partial charge is 0.279 e. The number of amides is 1. The minimum Gasteiger partial charge on any atom is -0.330 e. The lowest BCUT2D eigenvalue weighted by atomic mass is 10.3. The minimum atomic E-state index is -0.111. The molecule has 1 aromatic heterocycles. The molecule has 1 fully saturated rings. The number of quaternary nitrogens is 1. The van der Waals surface area contributed by atoms with Gasteiger partial charge in [-0.2, -0.15) is 0 Å².